The normalized spacial score (nSPS) is 10.5. The van der Waals surface area contributed by atoms with Gasteiger partial charge in [0.25, 0.3) is 11.2 Å². The fourth-order valence-corrected chi connectivity index (χ4v) is 2.01. The molecule has 0 saturated carbocycles. The number of nitro groups is 1. The number of nitrogens with two attached hydrogens (primary N) is 1. The van der Waals surface area contributed by atoms with E-state index in [-0.39, 0.29) is 17.9 Å². The Kier molecular flexibility index (Phi) is 3.88. The molecule has 1 aromatic heterocycles. The minimum Gasteiger partial charge on any atom is -0.393 e. The molecule has 0 atom stereocenters. The third-order valence-corrected chi connectivity index (χ3v) is 3.18. The van der Waals surface area contributed by atoms with Crippen LogP contribution in [0.4, 0.5) is 11.4 Å². The third-order valence-electron chi connectivity index (χ3n) is 3.18. The highest BCUT2D eigenvalue weighted by atomic mass is 16.6. The summed E-state index contributed by atoms with van der Waals surface area (Å²) in [7, 11) is 0. The van der Waals surface area contributed by atoms with Gasteiger partial charge in [-0.05, 0) is 6.92 Å². The first-order chi connectivity index (χ1) is 9.95. The van der Waals surface area contributed by atoms with Crippen molar-refractivity contribution in [1.29, 1.82) is 0 Å². The fourth-order valence-electron chi connectivity index (χ4n) is 2.01. The highest BCUT2D eigenvalue weighted by Gasteiger charge is 2.15. The Morgan fingerprint density at radius 3 is 2.62 bits per heavy atom. The summed E-state index contributed by atoms with van der Waals surface area (Å²) in [4.78, 5) is 34.2. The highest BCUT2D eigenvalue weighted by Crippen LogP contribution is 2.24. The number of aromatic nitrogens is 2. The molecule has 1 heterocycles. The van der Waals surface area contributed by atoms with E-state index < -0.39 is 16.2 Å². The van der Waals surface area contributed by atoms with Gasteiger partial charge in [0.2, 0.25) is 0 Å². The Labute approximate surface area is 119 Å². The molecule has 2 aromatic rings. The summed E-state index contributed by atoms with van der Waals surface area (Å²) in [6, 6.07) is 5.57. The SMILES string of the molecule is CCn1ccc(=O)n(Cc2cccc([N+](=O)[O-])c2N)c1=O. The summed E-state index contributed by atoms with van der Waals surface area (Å²) in [6.07, 6.45) is 1.41. The van der Waals surface area contributed by atoms with E-state index in [1.165, 1.54) is 29.0 Å². The molecule has 1 aromatic carbocycles. The van der Waals surface area contributed by atoms with E-state index in [1.807, 2.05) is 0 Å². The number of nitro benzene ring substituents is 1. The van der Waals surface area contributed by atoms with E-state index in [0.717, 1.165) is 4.57 Å². The maximum atomic E-state index is 12.1. The van der Waals surface area contributed by atoms with E-state index in [9.17, 15) is 19.7 Å². The number of nitrogens with zero attached hydrogens (tertiary/aromatic N) is 3. The number of hydrogen-bond acceptors (Lipinski definition) is 5. The molecule has 0 amide bonds. The summed E-state index contributed by atoms with van der Waals surface area (Å²) >= 11 is 0. The first-order valence-corrected chi connectivity index (χ1v) is 6.27. The number of nitrogen functional groups attached to an aromatic ring is 1. The average Bonchev–Trinajstić information content (AvgIpc) is 2.45. The molecule has 0 unspecified atom stereocenters. The van der Waals surface area contributed by atoms with Crippen LogP contribution in [0.1, 0.15) is 12.5 Å². The first-order valence-electron chi connectivity index (χ1n) is 6.27. The third kappa shape index (κ3) is 2.69. The molecule has 8 heteroatoms. The Hall–Kier alpha value is -2.90. The fraction of sp³-hybridized carbons (Fsp3) is 0.231. The number of benzene rings is 1. The molecule has 0 aliphatic rings. The average molecular weight is 290 g/mol. The molecule has 0 radical (unpaired) electrons. The van der Waals surface area contributed by atoms with Crippen molar-refractivity contribution in [3.05, 3.63) is 67.0 Å². The van der Waals surface area contributed by atoms with Crippen LogP contribution in [0, 0.1) is 10.1 Å². The molecule has 0 fully saturated rings. The van der Waals surface area contributed by atoms with Crippen LogP contribution in [-0.2, 0) is 13.1 Å². The van der Waals surface area contributed by atoms with Crippen LogP contribution in [0.2, 0.25) is 0 Å². The lowest BCUT2D eigenvalue weighted by Crippen LogP contribution is -2.39. The van der Waals surface area contributed by atoms with Crippen LogP contribution in [0.15, 0.2) is 40.1 Å². The van der Waals surface area contributed by atoms with E-state index in [2.05, 4.69) is 0 Å². The molecule has 0 spiro atoms. The standard InChI is InChI=1S/C13H14N4O4/c1-2-15-7-6-11(18)16(13(15)19)8-9-4-3-5-10(12(9)14)17(20)21/h3-7H,2,8,14H2,1H3. The van der Waals surface area contributed by atoms with Crippen LogP contribution in [-0.4, -0.2) is 14.1 Å². The summed E-state index contributed by atoms with van der Waals surface area (Å²) < 4.78 is 2.37. The molecule has 0 bridgehead atoms. The lowest BCUT2D eigenvalue weighted by atomic mass is 10.1. The van der Waals surface area contributed by atoms with Crippen LogP contribution in [0.5, 0.6) is 0 Å². The van der Waals surface area contributed by atoms with Gasteiger partial charge in [0.05, 0.1) is 11.5 Å². The van der Waals surface area contributed by atoms with Crippen LogP contribution in [0.25, 0.3) is 0 Å². The van der Waals surface area contributed by atoms with Crippen molar-refractivity contribution in [2.75, 3.05) is 5.73 Å². The minimum absolute atomic E-state index is 0.0410. The van der Waals surface area contributed by atoms with Gasteiger partial charge in [-0.25, -0.2) is 4.79 Å². The Bertz CT molecular complexity index is 807. The topological polar surface area (TPSA) is 113 Å². The summed E-state index contributed by atoms with van der Waals surface area (Å²) in [5.41, 5.74) is 4.86. The van der Waals surface area contributed by atoms with E-state index in [0.29, 0.717) is 12.1 Å². The van der Waals surface area contributed by atoms with Gasteiger partial charge in [0.1, 0.15) is 5.69 Å². The minimum atomic E-state index is -0.600. The zero-order valence-corrected chi connectivity index (χ0v) is 11.4. The number of anilines is 1. The van der Waals surface area contributed by atoms with E-state index in [1.54, 1.807) is 13.0 Å². The predicted molar refractivity (Wildman–Crippen MR) is 77.2 cm³/mol. The zero-order valence-electron chi connectivity index (χ0n) is 11.4. The molecule has 21 heavy (non-hydrogen) atoms. The van der Waals surface area contributed by atoms with Crippen molar-refractivity contribution in [1.82, 2.24) is 9.13 Å². The van der Waals surface area contributed by atoms with Crippen LogP contribution in [0.3, 0.4) is 0 Å². The molecule has 0 aliphatic heterocycles. The van der Waals surface area contributed by atoms with E-state index >= 15 is 0 Å². The smallest absolute Gasteiger partial charge is 0.331 e. The quantitative estimate of drug-likeness (QED) is 0.502. The largest absolute Gasteiger partial charge is 0.393 e. The van der Waals surface area contributed by atoms with Gasteiger partial charge in [-0.3, -0.25) is 19.5 Å². The second-order valence-corrected chi connectivity index (χ2v) is 4.42. The highest BCUT2D eigenvalue weighted by molar-refractivity contribution is 5.63. The van der Waals surface area contributed by atoms with Gasteiger partial charge < -0.3 is 10.3 Å². The number of para-hydroxylation sites is 1. The predicted octanol–water partition coefficient (Wildman–Crippen LogP) is 0.569. The van der Waals surface area contributed by atoms with Gasteiger partial charge in [-0.1, -0.05) is 12.1 Å². The van der Waals surface area contributed by atoms with E-state index in [4.69, 9.17) is 5.73 Å². The maximum absolute atomic E-state index is 12.1. The lowest BCUT2D eigenvalue weighted by molar-refractivity contribution is -0.383. The molecule has 8 nitrogen and oxygen atoms in total. The second kappa shape index (κ2) is 5.61. The van der Waals surface area contributed by atoms with Crippen molar-refractivity contribution in [2.45, 2.75) is 20.0 Å². The van der Waals surface area contributed by atoms with Crippen molar-refractivity contribution < 1.29 is 4.92 Å². The molecule has 0 aliphatic carbocycles. The molecular formula is C13H14N4O4. The molecule has 110 valence electrons. The Morgan fingerprint density at radius 1 is 1.29 bits per heavy atom. The van der Waals surface area contributed by atoms with Gasteiger partial charge >= 0.3 is 5.69 Å². The maximum Gasteiger partial charge on any atom is 0.331 e. The molecule has 0 saturated heterocycles. The lowest BCUT2D eigenvalue weighted by Gasteiger charge is -2.10. The van der Waals surface area contributed by atoms with Gasteiger partial charge in [0, 0.05) is 30.4 Å². The summed E-state index contributed by atoms with van der Waals surface area (Å²) in [5, 5.41) is 10.9. The molecular weight excluding hydrogens is 276 g/mol. The van der Waals surface area contributed by atoms with Gasteiger partial charge in [-0.2, -0.15) is 0 Å². The second-order valence-electron chi connectivity index (χ2n) is 4.42. The van der Waals surface area contributed by atoms with Crippen molar-refractivity contribution in [3.8, 4) is 0 Å². The van der Waals surface area contributed by atoms with Crippen molar-refractivity contribution >= 4 is 11.4 Å². The summed E-state index contributed by atoms with van der Waals surface area (Å²) in [5.74, 6) is 0. The van der Waals surface area contributed by atoms with Crippen LogP contribution >= 0.6 is 0 Å². The zero-order chi connectivity index (χ0) is 15.6. The van der Waals surface area contributed by atoms with Crippen molar-refractivity contribution in [2.24, 2.45) is 0 Å². The number of aryl methyl sites for hydroxylation is 1. The summed E-state index contributed by atoms with van der Waals surface area (Å²) in [6.45, 7) is 2.09. The Balaban J connectivity index is 2.54. The number of rotatable bonds is 4. The van der Waals surface area contributed by atoms with Gasteiger partial charge in [0.15, 0.2) is 0 Å². The van der Waals surface area contributed by atoms with Crippen LogP contribution < -0.4 is 17.0 Å². The van der Waals surface area contributed by atoms with Crippen molar-refractivity contribution in [3.63, 3.8) is 0 Å². The molecule has 2 N–H and O–H groups in total. The molecule has 2 rings (SSSR count). The Morgan fingerprint density at radius 2 is 2.00 bits per heavy atom. The number of hydrogen-bond donors (Lipinski definition) is 1. The monoisotopic (exact) mass is 290 g/mol. The first kappa shape index (κ1) is 14.5. The van der Waals surface area contributed by atoms with Gasteiger partial charge in [-0.15, -0.1) is 0 Å².